The Hall–Kier alpha value is -3.62. The number of carbonyl (C=O) groups is 2. The molecule has 4 rings (SSSR count). The monoisotopic (exact) mass is 443 g/mol. The highest BCUT2D eigenvalue weighted by molar-refractivity contribution is 5.94. The number of nitrogens with one attached hydrogen (secondary N) is 1. The Morgan fingerprint density at radius 3 is 2.62 bits per heavy atom. The number of aryl methyl sites for hydroxylation is 1. The minimum absolute atomic E-state index is 0.0495. The van der Waals surface area contributed by atoms with Crippen molar-refractivity contribution in [3.63, 3.8) is 0 Å². The number of hydrogen-bond acceptors (Lipinski definition) is 4. The minimum Gasteiger partial charge on any atom is -0.406 e. The van der Waals surface area contributed by atoms with Crippen LogP contribution in [0.15, 0.2) is 48.7 Å². The number of alkyl halides is 3. The zero-order chi connectivity index (χ0) is 22.7. The summed E-state index contributed by atoms with van der Waals surface area (Å²) in [5.74, 6) is 0.113. The molecule has 2 aliphatic heterocycles. The summed E-state index contributed by atoms with van der Waals surface area (Å²) in [7, 11) is 0. The number of benzene rings is 1. The normalized spacial score (nSPS) is 16.4. The van der Waals surface area contributed by atoms with Crippen LogP contribution < -0.4 is 10.1 Å². The van der Waals surface area contributed by atoms with Crippen molar-refractivity contribution in [2.45, 2.75) is 25.6 Å². The smallest absolute Gasteiger partial charge is 0.406 e. The van der Waals surface area contributed by atoms with Crippen molar-refractivity contribution < 1.29 is 27.5 Å². The first-order valence-electron chi connectivity index (χ1n) is 10.1. The van der Waals surface area contributed by atoms with Crippen LogP contribution in [-0.4, -0.2) is 41.2 Å². The lowest BCUT2D eigenvalue weighted by molar-refractivity contribution is -0.274. The van der Waals surface area contributed by atoms with Crippen LogP contribution in [0, 0.1) is 0 Å². The molecule has 1 N–H and O–H groups in total. The first-order valence-corrected chi connectivity index (χ1v) is 10.1. The van der Waals surface area contributed by atoms with Crippen LogP contribution in [0.1, 0.15) is 29.5 Å². The van der Waals surface area contributed by atoms with Gasteiger partial charge in [0.2, 0.25) is 11.8 Å². The Bertz CT molecular complexity index is 1090. The molecule has 0 aliphatic carbocycles. The first-order chi connectivity index (χ1) is 15.3. The van der Waals surface area contributed by atoms with Crippen molar-refractivity contribution in [2.75, 3.05) is 18.4 Å². The summed E-state index contributed by atoms with van der Waals surface area (Å²) < 4.78 is 40.7. The predicted octanol–water partition coefficient (Wildman–Crippen LogP) is 4.19. The molecule has 0 bridgehead atoms. The Kier molecular flexibility index (Phi) is 5.98. The van der Waals surface area contributed by atoms with Crippen LogP contribution >= 0.6 is 0 Å². The van der Waals surface area contributed by atoms with Gasteiger partial charge in [0.05, 0.1) is 0 Å². The summed E-state index contributed by atoms with van der Waals surface area (Å²) in [4.78, 5) is 29.9. The van der Waals surface area contributed by atoms with Crippen LogP contribution in [0.3, 0.4) is 0 Å². The molecule has 32 heavy (non-hydrogen) atoms. The second kappa shape index (κ2) is 8.86. The van der Waals surface area contributed by atoms with Crippen LogP contribution in [-0.2, 0) is 16.0 Å². The van der Waals surface area contributed by atoms with Gasteiger partial charge in [0, 0.05) is 31.8 Å². The van der Waals surface area contributed by atoms with E-state index in [2.05, 4.69) is 15.0 Å². The quantitative estimate of drug-likeness (QED) is 0.720. The molecule has 0 unspecified atom stereocenters. The maximum atomic E-state index is 12.5. The second-order valence-electron chi connectivity index (χ2n) is 7.49. The van der Waals surface area contributed by atoms with Crippen molar-refractivity contribution in [3.05, 3.63) is 65.4 Å². The molecule has 0 atom stereocenters. The molecule has 166 valence electrons. The van der Waals surface area contributed by atoms with E-state index in [1.807, 2.05) is 12.1 Å². The maximum absolute atomic E-state index is 12.5. The van der Waals surface area contributed by atoms with E-state index in [9.17, 15) is 22.8 Å². The number of aromatic nitrogens is 1. The van der Waals surface area contributed by atoms with Gasteiger partial charge in [-0.25, -0.2) is 4.98 Å². The van der Waals surface area contributed by atoms with E-state index >= 15 is 0 Å². The molecule has 2 aliphatic rings. The van der Waals surface area contributed by atoms with Crippen molar-refractivity contribution in [3.8, 4) is 5.75 Å². The van der Waals surface area contributed by atoms with Gasteiger partial charge in [0.15, 0.2) is 0 Å². The van der Waals surface area contributed by atoms with Crippen LogP contribution in [0.4, 0.5) is 19.0 Å². The van der Waals surface area contributed by atoms with Gasteiger partial charge >= 0.3 is 6.36 Å². The lowest BCUT2D eigenvalue weighted by Gasteiger charge is -2.25. The van der Waals surface area contributed by atoms with E-state index in [0.717, 1.165) is 22.3 Å². The summed E-state index contributed by atoms with van der Waals surface area (Å²) in [5, 5.41) is 2.72. The number of pyridine rings is 1. The predicted molar refractivity (Wildman–Crippen MR) is 113 cm³/mol. The average molecular weight is 443 g/mol. The van der Waals surface area contributed by atoms with E-state index < -0.39 is 6.36 Å². The third-order valence-corrected chi connectivity index (χ3v) is 5.26. The molecule has 0 saturated heterocycles. The zero-order valence-corrected chi connectivity index (χ0v) is 17.0. The van der Waals surface area contributed by atoms with E-state index in [-0.39, 0.29) is 17.6 Å². The molecule has 0 fully saturated rings. The van der Waals surface area contributed by atoms with Crippen LogP contribution in [0.5, 0.6) is 5.75 Å². The molecule has 0 spiro atoms. The SMILES string of the molecule is O=C1CCc2cc(C=CC(=O)N3CC=C(c4ccc(OC(F)(F)F)cc4)CC3)cnc2N1. The Balaban J connectivity index is 1.35. The van der Waals surface area contributed by atoms with Gasteiger partial charge in [0.1, 0.15) is 11.6 Å². The fourth-order valence-corrected chi connectivity index (χ4v) is 3.64. The summed E-state index contributed by atoms with van der Waals surface area (Å²) in [6.45, 7) is 0.915. The van der Waals surface area contributed by atoms with E-state index in [1.165, 1.54) is 18.2 Å². The summed E-state index contributed by atoms with van der Waals surface area (Å²) >= 11 is 0. The number of carbonyl (C=O) groups excluding carboxylic acids is 2. The fraction of sp³-hybridized carbons (Fsp3) is 0.261. The fourth-order valence-electron chi connectivity index (χ4n) is 3.64. The number of ether oxygens (including phenoxy) is 1. The highest BCUT2D eigenvalue weighted by Crippen LogP contribution is 2.27. The molecule has 2 amide bonds. The topological polar surface area (TPSA) is 71.5 Å². The average Bonchev–Trinajstić information content (AvgIpc) is 2.77. The Morgan fingerprint density at radius 1 is 1.16 bits per heavy atom. The first kappa shape index (κ1) is 21.6. The molecule has 0 radical (unpaired) electrons. The Labute approximate surface area is 182 Å². The van der Waals surface area contributed by atoms with Crippen LogP contribution in [0.2, 0.25) is 0 Å². The number of amides is 2. The molecule has 1 aromatic carbocycles. The third-order valence-electron chi connectivity index (χ3n) is 5.26. The maximum Gasteiger partial charge on any atom is 0.573 e. The highest BCUT2D eigenvalue weighted by atomic mass is 19.4. The van der Waals surface area contributed by atoms with Gasteiger partial charge in [-0.05, 0) is 59.4 Å². The number of nitrogens with zero attached hydrogens (tertiary/aromatic N) is 2. The van der Waals surface area contributed by atoms with Gasteiger partial charge < -0.3 is 15.0 Å². The van der Waals surface area contributed by atoms with Gasteiger partial charge in [-0.3, -0.25) is 9.59 Å². The van der Waals surface area contributed by atoms with E-state index in [4.69, 9.17) is 0 Å². The largest absolute Gasteiger partial charge is 0.573 e. The standard InChI is InChI=1S/C23H20F3N3O3/c24-23(25,26)32-19-5-2-16(3-6-19)17-9-11-29(12-10-17)21(31)8-1-15-13-18-4-7-20(30)28-22(18)27-14-15/h1-3,5-6,8-9,13-14H,4,7,10-12H2,(H,27,28,30). The summed E-state index contributed by atoms with van der Waals surface area (Å²) in [6, 6.07) is 7.63. The van der Waals surface area contributed by atoms with Gasteiger partial charge in [0.25, 0.3) is 0 Å². The molecular formula is C23H20F3N3O3. The van der Waals surface area contributed by atoms with Gasteiger partial charge in [-0.1, -0.05) is 18.2 Å². The lowest BCUT2D eigenvalue weighted by Crippen LogP contribution is -2.33. The van der Waals surface area contributed by atoms with Crippen molar-refractivity contribution >= 4 is 29.3 Å². The molecule has 0 saturated carbocycles. The van der Waals surface area contributed by atoms with Crippen molar-refractivity contribution in [1.29, 1.82) is 0 Å². The van der Waals surface area contributed by atoms with Crippen molar-refractivity contribution in [2.24, 2.45) is 0 Å². The third kappa shape index (κ3) is 5.35. The molecule has 9 heteroatoms. The number of anilines is 1. The molecule has 3 heterocycles. The molecular weight excluding hydrogens is 423 g/mol. The highest BCUT2D eigenvalue weighted by Gasteiger charge is 2.31. The van der Waals surface area contributed by atoms with E-state index in [1.54, 1.807) is 29.3 Å². The zero-order valence-electron chi connectivity index (χ0n) is 17.0. The Morgan fingerprint density at radius 2 is 1.94 bits per heavy atom. The second-order valence-corrected chi connectivity index (χ2v) is 7.49. The summed E-state index contributed by atoms with van der Waals surface area (Å²) in [5.41, 5.74) is 3.49. The molecule has 2 aromatic rings. The summed E-state index contributed by atoms with van der Waals surface area (Å²) in [6.07, 6.45) is 3.61. The number of halogens is 3. The number of hydrogen-bond donors (Lipinski definition) is 1. The lowest BCUT2D eigenvalue weighted by atomic mass is 9.99. The van der Waals surface area contributed by atoms with Crippen molar-refractivity contribution in [1.82, 2.24) is 9.88 Å². The number of rotatable bonds is 4. The molecule has 6 nitrogen and oxygen atoms in total. The molecule has 1 aromatic heterocycles. The number of fused-ring (bicyclic) bond motifs is 1. The van der Waals surface area contributed by atoms with Crippen LogP contribution in [0.25, 0.3) is 11.6 Å². The van der Waals surface area contributed by atoms with Gasteiger partial charge in [-0.15, -0.1) is 13.2 Å². The van der Waals surface area contributed by atoms with E-state index in [0.29, 0.717) is 38.2 Å². The minimum atomic E-state index is -4.72. The van der Waals surface area contributed by atoms with Gasteiger partial charge in [-0.2, -0.15) is 0 Å².